The van der Waals surface area contributed by atoms with Crippen LogP contribution in [0.3, 0.4) is 0 Å². The zero-order chi connectivity index (χ0) is 19.2. The van der Waals surface area contributed by atoms with Crippen molar-refractivity contribution in [1.29, 1.82) is 0 Å². The van der Waals surface area contributed by atoms with E-state index in [0.717, 1.165) is 16.7 Å². The highest BCUT2D eigenvalue weighted by atomic mass is 16.5. The van der Waals surface area contributed by atoms with Crippen LogP contribution in [0, 0.1) is 6.92 Å². The van der Waals surface area contributed by atoms with Crippen LogP contribution >= 0.6 is 0 Å². The highest BCUT2D eigenvalue weighted by molar-refractivity contribution is 5.94. The lowest BCUT2D eigenvalue weighted by Crippen LogP contribution is -2.35. The van der Waals surface area contributed by atoms with E-state index in [1.54, 1.807) is 20.0 Å². The quantitative estimate of drug-likeness (QED) is 0.729. The van der Waals surface area contributed by atoms with Gasteiger partial charge in [0.1, 0.15) is 5.76 Å². The molecule has 2 aromatic carbocycles. The maximum absolute atomic E-state index is 12.4. The number of carbonyl (C=O) groups excluding carboxylic acids is 2. The zero-order valence-electron chi connectivity index (χ0n) is 15.3. The monoisotopic (exact) mass is 363 g/mol. The first-order chi connectivity index (χ1) is 13.0. The Morgan fingerprint density at radius 3 is 2.33 bits per heavy atom. The van der Waals surface area contributed by atoms with E-state index in [0.29, 0.717) is 11.6 Å². The zero-order valence-corrected chi connectivity index (χ0v) is 15.3. The summed E-state index contributed by atoms with van der Waals surface area (Å²) in [5.41, 5.74) is 3.13. The molecule has 3 rings (SSSR count). The van der Waals surface area contributed by atoms with Crippen molar-refractivity contribution in [3.8, 4) is 11.1 Å². The van der Waals surface area contributed by atoms with Crippen LogP contribution in [0.1, 0.15) is 11.3 Å². The number of hydrogen-bond acceptors (Lipinski definition) is 4. The molecule has 0 atom stereocenters. The molecule has 6 nitrogen and oxygen atoms in total. The van der Waals surface area contributed by atoms with Gasteiger partial charge in [0.2, 0.25) is 11.8 Å². The number of anilines is 1. The summed E-state index contributed by atoms with van der Waals surface area (Å²) in [6, 6.07) is 19.5. The molecule has 0 saturated carbocycles. The first-order valence-electron chi connectivity index (χ1n) is 8.63. The number of hydrogen-bond donors (Lipinski definition) is 1. The van der Waals surface area contributed by atoms with Crippen LogP contribution in [0.15, 0.2) is 65.2 Å². The summed E-state index contributed by atoms with van der Waals surface area (Å²) in [6.07, 6.45) is 0.238. The molecule has 0 fully saturated rings. The van der Waals surface area contributed by atoms with Gasteiger partial charge in [-0.25, -0.2) is 0 Å². The Bertz CT molecular complexity index is 917. The van der Waals surface area contributed by atoms with Gasteiger partial charge in [-0.2, -0.15) is 0 Å². The maximum atomic E-state index is 12.4. The fourth-order valence-corrected chi connectivity index (χ4v) is 2.67. The van der Waals surface area contributed by atoms with E-state index in [4.69, 9.17) is 4.52 Å². The summed E-state index contributed by atoms with van der Waals surface area (Å²) in [5.74, 6) is 0.496. The van der Waals surface area contributed by atoms with Gasteiger partial charge in [-0.3, -0.25) is 9.59 Å². The van der Waals surface area contributed by atoms with Crippen molar-refractivity contribution in [2.75, 3.05) is 18.9 Å². The van der Waals surface area contributed by atoms with Crippen LogP contribution in [0.25, 0.3) is 11.1 Å². The Balaban J connectivity index is 1.54. The van der Waals surface area contributed by atoms with E-state index in [2.05, 4.69) is 10.5 Å². The van der Waals surface area contributed by atoms with Gasteiger partial charge in [0.15, 0.2) is 5.82 Å². The summed E-state index contributed by atoms with van der Waals surface area (Å²) in [6.45, 7) is 1.69. The fraction of sp³-hybridized carbons (Fsp3) is 0.190. The third-order valence-corrected chi connectivity index (χ3v) is 4.12. The molecule has 0 saturated heterocycles. The molecule has 1 N–H and O–H groups in total. The average molecular weight is 363 g/mol. The van der Waals surface area contributed by atoms with E-state index in [9.17, 15) is 9.59 Å². The molecule has 6 heteroatoms. The maximum Gasteiger partial charge on any atom is 0.245 e. The van der Waals surface area contributed by atoms with Crippen LogP contribution in [-0.4, -0.2) is 35.5 Å². The van der Waals surface area contributed by atoms with Gasteiger partial charge < -0.3 is 14.7 Å². The smallest absolute Gasteiger partial charge is 0.245 e. The molecule has 0 aliphatic carbocycles. The van der Waals surface area contributed by atoms with Crippen LogP contribution in [0.5, 0.6) is 0 Å². The lowest BCUT2D eigenvalue weighted by atomic mass is 10.0. The number of likely N-dealkylation sites (N-methyl/N-ethyl adjacent to an activating group) is 1. The van der Waals surface area contributed by atoms with Crippen LogP contribution in [0.4, 0.5) is 5.82 Å². The van der Waals surface area contributed by atoms with Crippen molar-refractivity contribution in [2.24, 2.45) is 0 Å². The Kier molecular flexibility index (Phi) is 5.66. The Labute approximate surface area is 157 Å². The van der Waals surface area contributed by atoms with E-state index >= 15 is 0 Å². The minimum atomic E-state index is -0.321. The third kappa shape index (κ3) is 5.04. The number of amides is 2. The molecule has 1 heterocycles. The lowest BCUT2D eigenvalue weighted by Gasteiger charge is -2.16. The molecule has 0 aliphatic rings. The average Bonchev–Trinajstić information content (AvgIpc) is 3.07. The topological polar surface area (TPSA) is 75.4 Å². The minimum absolute atomic E-state index is 0.0488. The van der Waals surface area contributed by atoms with Crippen molar-refractivity contribution in [3.05, 3.63) is 72.0 Å². The van der Waals surface area contributed by atoms with Gasteiger partial charge >= 0.3 is 0 Å². The highest BCUT2D eigenvalue weighted by Crippen LogP contribution is 2.19. The van der Waals surface area contributed by atoms with Crippen LogP contribution in [0.2, 0.25) is 0 Å². The van der Waals surface area contributed by atoms with E-state index in [-0.39, 0.29) is 24.8 Å². The predicted octanol–water partition coefficient (Wildman–Crippen LogP) is 3.29. The summed E-state index contributed by atoms with van der Waals surface area (Å²) in [4.78, 5) is 25.8. The van der Waals surface area contributed by atoms with Crippen molar-refractivity contribution in [1.82, 2.24) is 10.1 Å². The number of aromatic nitrogens is 1. The summed E-state index contributed by atoms with van der Waals surface area (Å²) in [5, 5.41) is 6.30. The van der Waals surface area contributed by atoms with Crippen molar-refractivity contribution >= 4 is 17.6 Å². The van der Waals surface area contributed by atoms with Gasteiger partial charge in [-0.15, -0.1) is 0 Å². The molecule has 0 aliphatic heterocycles. The molecule has 1 aromatic heterocycles. The molecule has 0 spiro atoms. The first kappa shape index (κ1) is 18.4. The number of nitrogens with zero attached hydrogens (tertiary/aromatic N) is 2. The lowest BCUT2D eigenvalue weighted by molar-refractivity contribution is -0.132. The number of benzene rings is 2. The number of carbonyl (C=O) groups is 2. The van der Waals surface area contributed by atoms with Gasteiger partial charge in [0.25, 0.3) is 0 Å². The highest BCUT2D eigenvalue weighted by Gasteiger charge is 2.14. The molecule has 3 aromatic rings. The first-order valence-corrected chi connectivity index (χ1v) is 8.63. The number of nitrogens with one attached hydrogen (secondary N) is 1. The van der Waals surface area contributed by atoms with Gasteiger partial charge in [-0.1, -0.05) is 59.8 Å². The molecule has 2 amide bonds. The Hall–Kier alpha value is -3.41. The normalized spacial score (nSPS) is 10.4. The molecule has 27 heavy (non-hydrogen) atoms. The van der Waals surface area contributed by atoms with Crippen molar-refractivity contribution in [3.63, 3.8) is 0 Å². The van der Waals surface area contributed by atoms with Gasteiger partial charge in [-0.05, 0) is 23.6 Å². The number of rotatable bonds is 6. The second kappa shape index (κ2) is 8.31. The molecule has 138 valence electrons. The summed E-state index contributed by atoms with van der Waals surface area (Å²) < 4.78 is 4.89. The molecular formula is C21H21N3O3. The fourth-order valence-electron chi connectivity index (χ4n) is 2.67. The second-order valence-electron chi connectivity index (χ2n) is 6.36. The molecule has 0 unspecified atom stereocenters. The van der Waals surface area contributed by atoms with Gasteiger partial charge in [0.05, 0.1) is 13.0 Å². The number of aryl methyl sites for hydroxylation is 1. The largest absolute Gasteiger partial charge is 0.360 e. The Morgan fingerprint density at radius 2 is 1.70 bits per heavy atom. The van der Waals surface area contributed by atoms with E-state index < -0.39 is 0 Å². The third-order valence-electron chi connectivity index (χ3n) is 4.12. The van der Waals surface area contributed by atoms with Crippen LogP contribution < -0.4 is 5.32 Å². The van der Waals surface area contributed by atoms with E-state index in [1.807, 2.05) is 54.6 Å². The summed E-state index contributed by atoms with van der Waals surface area (Å²) in [7, 11) is 1.61. The SMILES string of the molecule is Cc1cc(NC(=O)CN(C)C(=O)Cc2ccc(-c3ccccc3)cc2)no1. The molecule has 0 bridgehead atoms. The summed E-state index contributed by atoms with van der Waals surface area (Å²) >= 11 is 0. The van der Waals surface area contributed by atoms with Crippen LogP contribution in [-0.2, 0) is 16.0 Å². The standard InChI is InChI=1S/C21H21N3O3/c1-15-12-19(23-27-15)22-20(25)14-24(2)21(26)13-16-8-10-18(11-9-16)17-6-4-3-5-7-17/h3-12H,13-14H2,1-2H3,(H,22,23,25). The minimum Gasteiger partial charge on any atom is -0.360 e. The van der Waals surface area contributed by atoms with Crippen molar-refractivity contribution < 1.29 is 14.1 Å². The van der Waals surface area contributed by atoms with E-state index in [1.165, 1.54) is 4.90 Å². The Morgan fingerprint density at radius 1 is 1.04 bits per heavy atom. The van der Waals surface area contributed by atoms with Crippen molar-refractivity contribution in [2.45, 2.75) is 13.3 Å². The molecule has 0 radical (unpaired) electrons. The molecular weight excluding hydrogens is 342 g/mol. The second-order valence-corrected chi connectivity index (χ2v) is 6.36. The predicted molar refractivity (Wildman–Crippen MR) is 103 cm³/mol. The van der Waals surface area contributed by atoms with Gasteiger partial charge in [0, 0.05) is 13.1 Å².